The van der Waals surface area contributed by atoms with Gasteiger partial charge in [-0.3, -0.25) is 0 Å². The van der Waals surface area contributed by atoms with Gasteiger partial charge in [0.1, 0.15) is 0 Å². The molecule has 0 amide bonds. The fraction of sp³-hybridized carbons (Fsp3) is 0.455. The van der Waals surface area contributed by atoms with Gasteiger partial charge in [-0.1, -0.05) is 22.0 Å². The standard InChI is InChI=1S/C11H14BrNO2S/c12-10-4-1-5-11-9(10)7-8(3-2-6-13)16(11,14)15/h1,4-5,8H,2-3,6-7,13H2. The van der Waals surface area contributed by atoms with E-state index in [1.54, 1.807) is 12.1 Å². The number of hydrogen-bond donors (Lipinski definition) is 1. The fourth-order valence-electron chi connectivity index (χ4n) is 2.12. The predicted molar refractivity (Wildman–Crippen MR) is 67.1 cm³/mol. The van der Waals surface area contributed by atoms with Crippen molar-refractivity contribution in [3.05, 3.63) is 28.2 Å². The summed E-state index contributed by atoms with van der Waals surface area (Å²) in [5, 5.41) is -0.287. The van der Waals surface area contributed by atoms with E-state index >= 15 is 0 Å². The highest BCUT2D eigenvalue weighted by Gasteiger charge is 2.37. The molecular formula is C11H14BrNO2S. The van der Waals surface area contributed by atoms with E-state index in [1.165, 1.54) is 0 Å². The lowest BCUT2D eigenvalue weighted by Crippen LogP contribution is -2.18. The van der Waals surface area contributed by atoms with E-state index in [-0.39, 0.29) is 5.25 Å². The predicted octanol–water partition coefficient (Wildman–Crippen LogP) is 1.89. The Morgan fingerprint density at radius 1 is 1.44 bits per heavy atom. The molecule has 0 saturated heterocycles. The van der Waals surface area contributed by atoms with Gasteiger partial charge in [0.2, 0.25) is 0 Å². The Kier molecular flexibility index (Phi) is 3.37. The first-order valence-corrected chi connectivity index (χ1v) is 7.62. The second-order valence-electron chi connectivity index (χ2n) is 4.02. The van der Waals surface area contributed by atoms with Crippen LogP contribution in [0.15, 0.2) is 27.6 Å². The molecular weight excluding hydrogens is 290 g/mol. The third kappa shape index (κ3) is 1.92. The summed E-state index contributed by atoms with van der Waals surface area (Å²) in [6.45, 7) is 0.545. The van der Waals surface area contributed by atoms with E-state index in [4.69, 9.17) is 5.73 Å². The number of rotatable bonds is 3. The summed E-state index contributed by atoms with van der Waals surface area (Å²) in [6, 6.07) is 5.35. The van der Waals surface area contributed by atoms with Crippen LogP contribution < -0.4 is 5.73 Å². The van der Waals surface area contributed by atoms with Gasteiger partial charge in [0, 0.05) is 4.47 Å². The van der Waals surface area contributed by atoms with Crippen molar-refractivity contribution in [1.29, 1.82) is 0 Å². The summed E-state index contributed by atoms with van der Waals surface area (Å²) in [5.41, 5.74) is 6.35. The number of fused-ring (bicyclic) bond motifs is 1. The molecule has 1 heterocycles. The molecule has 1 aromatic carbocycles. The summed E-state index contributed by atoms with van der Waals surface area (Å²) in [7, 11) is -3.13. The number of nitrogens with two attached hydrogens (primary N) is 1. The van der Waals surface area contributed by atoms with Crippen LogP contribution in [0.3, 0.4) is 0 Å². The van der Waals surface area contributed by atoms with Crippen LogP contribution in [0.2, 0.25) is 0 Å². The van der Waals surface area contributed by atoms with Crippen LogP contribution in [-0.2, 0) is 16.3 Å². The lowest BCUT2D eigenvalue weighted by atomic mass is 10.1. The van der Waals surface area contributed by atoms with Crippen LogP contribution in [-0.4, -0.2) is 20.2 Å². The Morgan fingerprint density at radius 3 is 2.81 bits per heavy atom. The van der Waals surface area contributed by atoms with Crippen molar-refractivity contribution in [2.24, 2.45) is 5.73 Å². The average molecular weight is 304 g/mol. The lowest BCUT2D eigenvalue weighted by molar-refractivity contribution is 0.575. The molecule has 3 nitrogen and oxygen atoms in total. The molecule has 0 saturated carbocycles. The van der Waals surface area contributed by atoms with Gasteiger partial charge >= 0.3 is 0 Å². The number of hydrogen-bond acceptors (Lipinski definition) is 3. The van der Waals surface area contributed by atoms with Crippen LogP contribution in [0, 0.1) is 0 Å². The normalized spacial score (nSPS) is 22.0. The Bertz CT molecular complexity index is 499. The molecule has 2 N–H and O–H groups in total. The Balaban J connectivity index is 2.38. The molecule has 88 valence electrons. The van der Waals surface area contributed by atoms with Crippen LogP contribution in [0.5, 0.6) is 0 Å². The zero-order chi connectivity index (χ0) is 11.8. The van der Waals surface area contributed by atoms with Gasteiger partial charge in [-0.25, -0.2) is 8.42 Å². The van der Waals surface area contributed by atoms with E-state index in [9.17, 15) is 8.42 Å². The molecule has 0 fully saturated rings. The minimum absolute atomic E-state index is 0.287. The zero-order valence-corrected chi connectivity index (χ0v) is 11.2. The van der Waals surface area contributed by atoms with Crippen LogP contribution in [0.25, 0.3) is 0 Å². The summed E-state index contributed by atoms with van der Waals surface area (Å²) in [6.07, 6.45) is 2.02. The van der Waals surface area contributed by atoms with E-state index in [2.05, 4.69) is 15.9 Å². The van der Waals surface area contributed by atoms with E-state index < -0.39 is 9.84 Å². The third-order valence-electron chi connectivity index (χ3n) is 2.98. The summed E-state index contributed by atoms with van der Waals surface area (Å²) < 4.78 is 25.3. The maximum Gasteiger partial charge on any atom is 0.181 e. The maximum absolute atomic E-state index is 12.2. The van der Waals surface area contributed by atoms with Crippen LogP contribution in [0.1, 0.15) is 18.4 Å². The molecule has 1 unspecified atom stereocenters. The van der Waals surface area contributed by atoms with Crippen molar-refractivity contribution in [3.63, 3.8) is 0 Å². The van der Waals surface area contributed by atoms with Crippen molar-refractivity contribution in [2.75, 3.05) is 6.54 Å². The highest BCUT2D eigenvalue weighted by atomic mass is 79.9. The zero-order valence-electron chi connectivity index (χ0n) is 8.82. The molecule has 0 aliphatic carbocycles. The summed E-state index contributed by atoms with van der Waals surface area (Å²) in [5.74, 6) is 0. The SMILES string of the molecule is NCCCC1Cc2c(Br)cccc2S1(=O)=O. The topological polar surface area (TPSA) is 60.2 Å². The average Bonchev–Trinajstić information content (AvgIpc) is 2.50. The summed E-state index contributed by atoms with van der Waals surface area (Å²) >= 11 is 3.41. The van der Waals surface area contributed by atoms with Gasteiger partial charge in [-0.15, -0.1) is 0 Å². The molecule has 5 heteroatoms. The second-order valence-corrected chi connectivity index (χ2v) is 7.07. The summed E-state index contributed by atoms with van der Waals surface area (Å²) in [4.78, 5) is 0.490. The van der Waals surface area contributed by atoms with Crippen molar-refractivity contribution in [2.45, 2.75) is 29.4 Å². The first kappa shape index (κ1) is 12.1. The van der Waals surface area contributed by atoms with E-state index in [0.717, 1.165) is 16.5 Å². The Morgan fingerprint density at radius 2 is 2.19 bits per heavy atom. The van der Waals surface area contributed by atoms with Gasteiger partial charge in [0.15, 0.2) is 9.84 Å². The smallest absolute Gasteiger partial charge is 0.181 e. The van der Waals surface area contributed by atoms with Gasteiger partial charge in [0.05, 0.1) is 10.1 Å². The number of sulfone groups is 1. The van der Waals surface area contributed by atoms with Crippen molar-refractivity contribution in [3.8, 4) is 0 Å². The quantitative estimate of drug-likeness (QED) is 0.927. The van der Waals surface area contributed by atoms with Crippen molar-refractivity contribution in [1.82, 2.24) is 0 Å². The first-order valence-electron chi connectivity index (χ1n) is 5.28. The third-order valence-corrected chi connectivity index (χ3v) is 6.00. The Labute approximate surface area is 104 Å². The number of benzene rings is 1. The molecule has 2 rings (SSSR count). The molecule has 1 atom stereocenters. The minimum atomic E-state index is -3.13. The largest absolute Gasteiger partial charge is 0.330 e. The second kappa shape index (κ2) is 4.47. The van der Waals surface area contributed by atoms with Crippen molar-refractivity contribution >= 4 is 25.8 Å². The van der Waals surface area contributed by atoms with Crippen molar-refractivity contribution < 1.29 is 8.42 Å². The first-order chi connectivity index (χ1) is 7.57. The molecule has 0 aromatic heterocycles. The molecule has 0 bridgehead atoms. The van der Waals surface area contributed by atoms with Gasteiger partial charge in [-0.2, -0.15) is 0 Å². The highest BCUT2D eigenvalue weighted by Crippen LogP contribution is 2.37. The van der Waals surface area contributed by atoms with Crippen LogP contribution in [0.4, 0.5) is 0 Å². The fourth-order valence-corrected chi connectivity index (χ4v) is 4.81. The van der Waals surface area contributed by atoms with Crippen LogP contribution >= 0.6 is 15.9 Å². The monoisotopic (exact) mass is 303 g/mol. The lowest BCUT2D eigenvalue weighted by Gasteiger charge is -2.07. The molecule has 1 aliphatic heterocycles. The van der Waals surface area contributed by atoms with E-state index in [0.29, 0.717) is 24.3 Å². The molecule has 1 aliphatic rings. The Hall–Kier alpha value is -0.390. The van der Waals surface area contributed by atoms with Gasteiger partial charge < -0.3 is 5.73 Å². The highest BCUT2D eigenvalue weighted by molar-refractivity contribution is 9.10. The molecule has 1 aromatic rings. The molecule has 16 heavy (non-hydrogen) atoms. The minimum Gasteiger partial charge on any atom is -0.330 e. The van der Waals surface area contributed by atoms with E-state index in [1.807, 2.05) is 6.07 Å². The maximum atomic E-state index is 12.2. The van der Waals surface area contributed by atoms with Gasteiger partial charge in [0.25, 0.3) is 0 Å². The van der Waals surface area contributed by atoms with Gasteiger partial charge in [-0.05, 0) is 43.5 Å². The number of halogens is 1. The molecule has 0 spiro atoms. The molecule has 0 radical (unpaired) electrons.